The molecule has 0 saturated carbocycles. The van der Waals surface area contributed by atoms with Gasteiger partial charge in [-0.1, -0.05) is 6.92 Å². The average molecular weight is 270 g/mol. The van der Waals surface area contributed by atoms with Crippen molar-refractivity contribution in [1.29, 1.82) is 0 Å². The molecule has 16 heavy (non-hydrogen) atoms. The van der Waals surface area contributed by atoms with E-state index in [4.69, 9.17) is 16.7 Å². The molecule has 6 heteroatoms. The molecule has 1 fully saturated rings. The minimum atomic E-state index is -3.20. The van der Waals surface area contributed by atoms with E-state index in [1.165, 1.54) is 4.31 Å². The van der Waals surface area contributed by atoms with Crippen LogP contribution in [-0.2, 0) is 10.0 Å². The van der Waals surface area contributed by atoms with Gasteiger partial charge in [0, 0.05) is 25.6 Å². The fourth-order valence-electron chi connectivity index (χ4n) is 1.94. The first-order chi connectivity index (χ1) is 7.49. The Morgan fingerprint density at radius 2 is 2.25 bits per heavy atom. The Labute approximate surface area is 103 Å². The molecule has 1 aliphatic heterocycles. The number of nitrogens with zero attached hydrogens (tertiary/aromatic N) is 1. The normalized spacial score (nSPS) is 25.6. The molecule has 0 amide bonds. The van der Waals surface area contributed by atoms with Crippen molar-refractivity contribution in [3.63, 3.8) is 0 Å². The molecule has 2 atom stereocenters. The van der Waals surface area contributed by atoms with Crippen molar-refractivity contribution < 1.29 is 13.5 Å². The van der Waals surface area contributed by atoms with Crippen LogP contribution in [0.3, 0.4) is 0 Å². The minimum absolute atomic E-state index is 0.0267. The van der Waals surface area contributed by atoms with Crippen molar-refractivity contribution in [1.82, 2.24) is 4.31 Å². The predicted molar refractivity (Wildman–Crippen MR) is 65.1 cm³/mol. The van der Waals surface area contributed by atoms with Crippen molar-refractivity contribution in [2.75, 3.05) is 31.3 Å². The van der Waals surface area contributed by atoms with Crippen molar-refractivity contribution >= 4 is 21.6 Å². The number of aliphatic hydroxyl groups is 1. The first kappa shape index (κ1) is 14.2. The van der Waals surface area contributed by atoms with E-state index >= 15 is 0 Å². The van der Waals surface area contributed by atoms with Crippen molar-refractivity contribution in [2.24, 2.45) is 11.8 Å². The molecule has 0 aromatic heterocycles. The molecule has 2 unspecified atom stereocenters. The summed E-state index contributed by atoms with van der Waals surface area (Å²) >= 11 is 5.63. The molecule has 96 valence electrons. The number of rotatable bonds is 5. The molecule has 1 rings (SSSR count). The molecule has 0 aromatic rings. The molecule has 0 aromatic carbocycles. The topological polar surface area (TPSA) is 57.6 Å². The number of piperidine rings is 1. The Kier molecular flexibility index (Phi) is 5.50. The molecule has 4 nitrogen and oxygen atoms in total. The van der Waals surface area contributed by atoms with Crippen LogP contribution in [0.1, 0.15) is 19.8 Å². The SMILES string of the molecule is CC(CCl)CS(=O)(=O)N1CCCC(CO)C1. The van der Waals surface area contributed by atoms with Gasteiger partial charge in [0.25, 0.3) is 0 Å². The molecule has 0 spiro atoms. The maximum absolute atomic E-state index is 12.0. The number of hydrogen-bond acceptors (Lipinski definition) is 3. The van der Waals surface area contributed by atoms with Crippen LogP contribution in [0.5, 0.6) is 0 Å². The number of alkyl halides is 1. The smallest absolute Gasteiger partial charge is 0.214 e. The lowest BCUT2D eigenvalue weighted by molar-refractivity contribution is 0.165. The molecular formula is C10H20ClNO3S. The second-order valence-electron chi connectivity index (χ2n) is 4.59. The highest BCUT2D eigenvalue weighted by Crippen LogP contribution is 2.20. The number of hydrogen-bond donors (Lipinski definition) is 1. The third-order valence-corrected chi connectivity index (χ3v) is 5.53. The largest absolute Gasteiger partial charge is 0.396 e. The maximum Gasteiger partial charge on any atom is 0.214 e. The van der Waals surface area contributed by atoms with Gasteiger partial charge in [-0.05, 0) is 24.7 Å². The molecule has 1 heterocycles. The Morgan fingerprint density at radius 1 is 1.56 bits per heavy atom. The van der Waals surface area contributed by atoms with Gasteiger partial charge in [0.2, 0.25) is 10.0 Å². The summed E-state index contributed by atoms with van der Waals surface area (Å²) in [6, 6.07) is 0. The van der Waals surface area contributed by atoms with Crippen LogP contribution in [0.25, 0.3) is 0 Å². The van der Waals surface area contributed by atoms with Gasteiger partial charge < -0.3 is 5.11 Å². The van der Waals surface area contributed by atoms with Gasteiger partial charge >= 0.3 is 0 Å². The van der Waals surface area contributed by atoms with E-state index in [0.717, 1.165) is 12.8 Å². The summed E-state index contributed by atoms with van der Waals surface area (Å²) in [5, 5.41) is 9.06. The van der Waals surface area contributed by atoms with E-state index in [1.807, 2.05) is 6.92 Å². The van der Waals surface area contributed by atoms with Crippen LogP contribution in [-0.4, -0.2) is 49.2 Å². The summed E-state index contributed by atoms with van der Waals surface area (Å²) in [4.78, 5) is 0. The van der Waals surface area contributed by atoms with Crippen LogP contribution in [0.2, 0.25) is 0 Å². The summed E-state index contributed by atoms with van der Waals surface area (Å²) in [5.74, 6) is 0.529. The second-order valence-corrected chi connectivity index (χ2v) is 6.91. The predicted octanol–water partition coefficient (Wildman–Crippen LogP) is 0.895. The zero-order valence-corrected chi connectivity index (χ0v) is 11.2. The third-order valence-electron chi connectivity index (χ3n) is 2.89. The zero-order valence-electron chi connectivity index (χ0n) is 9.60. The lowest BCUT2D eigenvalue weighted by Gasteiger charge is -2.31. The number of aliphatic hydroxyl groups excluding tert-OH is 1. The fraction of sp³-hybridized carbons (Fsp3) is 1.00. The molecule has 0 radical (unpaired) electrons. The van der Waals surface area contributed by atoms with E-state index in [1.54, 1.807) is 0 Å². The second kappa shape index (κ2) is 6.19. The Bertz CT molecular complexity index is 307. The monoisotopic (exact) mass is 269 g/mol. The van der Waals surface area contributed by atoms with E-state index in [2.05, 4.69) is 0 Å². The summed E-state index contributed by atoms with van der Waals surface area (Å²) in [6.07, 6.45) is 1.74. The summed E-state index contributed by atoms with van der Waals surface area (Å²) in [7, 11) is -3.20. The van der Waals surface area contributed by atoms with Crippen LogP contribution >= 0.6 is 11.6 Å². The van der Waals surface area contributed by atoms with E-state index in [0.29, 0.717) is 19.0 Å². The quantitative estimate of drug-likeness (QED) is 0.755. The lowest BCUT2D eigenvalue weighted by Crippen LogP contribution is -2.43. The standard InChI is InChI=1S/C10H20ClNO3S/c1-9(5-11)8-16(14,15)12-4-2-3-10(6-12)7-13/h9-10,13H,2-8H2,1H3. The molecule has 1 saturated heterocycles. The highest BCUT2D eigenvalue weighted by atomic mass is 35.5. The lowest BCUT2D eigenvalue weighted by atomic mass is 10.0. The van der Waals surface area contributed by atoms with Gasteiger partial charge in [-0.2, -0.15) is 0 Å². The van der Waals surface area contributed by atoms with E-state index in [9.17, 15) is 8.42 Å². The van der Waals surface area contributed by atoms with E-state index < -0.39 is 10.0 Å². The molecule has 1 aliphatic rings. The van der Waals surface area contributed by atoms with Gasteiger partial charge in [-0.15, -0.1) is 11.6 Å². The van der Waals surface area contributed by atoms with Gasteiger partial charge in [0.05, 0.1) is 5.75 Å². The number of sulfonamides is 1. The van der Waals surface area contributed by atoms with Crippen molar-refractivity contribution in [3.8, 4) is 0 Å². The Hall–Kier alpha value is 0.160. The third kappa shape index (κ3) is 3.87. The molecule has 0 aliphatic carbocycles. The van der Waals surface area contributed by atoms with Gasteiger partial charge in [0.15, 0.2) is 0 Å². The Balaban J connectivity index is 2.61. The highest BCUT2D eigenvalue weighted by Gasteiger charge is 2.29. The van der Waals surface area contributed by atoms with Crippen LogP contribution in [0.15, 0.2) is 0 Å². The average Bonchev–Trinajstić information content (AvgIpc) is 2.28. The van der Waals surface area contributed by atoms with Crippen LogP contribution in [0, 0.1) is 11.8 Å². The zero-order chi connectivity index (χ0) is 12.2. The Morgan fingerprint density at radius 3 is 2.81 bits per heavy atom. The highest BCUT2D eigenvalue weighted by molar-refractivity contribution is 7.89. The van der Waals surface area contributed by atoms with Crippen LogP contribution < -0.4 is 0 Å². The fourth-order valence-corrected chi connectivity index (χ4v) is 4.07. The van der Waals surface area contributed by atoms with Crippen molar-refractivity contribution in [3.05, 3.63) is 0 Å². The summed E-state index contributed by atoms with van der Waals surface area (Å²) in [5.41, 5.74) is 0. The molecular weight excluding hydrogens is 250 g/mol. The summed E-state index contributed by atoms with van der Waals surface area (Å²) in [6.45, 7) is 2.93. The summed E-state index contributed by atoms with van der Waals surface area (Å²) < 4.78 is 25.5. The molecule has 1 N–H and O–H groups in total. The molecule has 0 bridgehead atoms. The van der Waals surface area contributed by atoms with Crippen LogP contribution in [0.4, 0.5) is 0 Å². The minimum Gasteiger partial charge on any atom is -0.396 e. The van der Waals surface area contributed by atoms with E-state index in [-0.39, 0.29) is 24.2 Å². The first-order valence-electron chi connectivity index (χ1n) is 5.64. The maximum atomic E-state index is 12.0. The van der Waals surface area contributed by atoms with Crippen molar-refractivity contribution in [2.45, 2.75) is 19.8 Å². The first-order valence-corrected chi connectivity index (χ1v) is 7.78. The van der Waals surface area contributed by atoms with Gasteiger partial charge in [-0.3, -0.25) is 0 Å². The number of halogens is 1. The van der Waals surface area contributed by atoms with Gasteiger partial charge in [-0.25, -0.2) is 12.7 Å². The van der Waals surface area contributed by atoms with Gasteiger partial charge in [0.1, 0.15) is 0 Å².